The van der Waals surface area contributed by atoms with Crippen LogP contribution < -0.4 is 0 Å². The summed E-state index contributed by atoms with van der Waals surface area (Å²) < 4.78 is 1.10. The van der Waals surface area contributed by atoms with E-state index in [1.807, 2.05) is 12.1 Å². The molecule has 0 spiro atoms. The van der Waals surface area contributed by atoms with Gasteiger partial charge in [-0.05, 0) is 61.1 Å². The van der Waals surface area contributed by atoms with Crippen molar-refractivity contribution in [1.82, 2.24) is 0 Å². The van der Waals surface area contributed by atoms with Crippen LogP contribution in [0.4, 0.5) is 0 Å². The summed E-state index contributed by atoms with van der Waals surface area (Å²) in [5.74, 6) is 2.49. The molecule has 2 aliphatic carbocycles. The molecule has 0 bridgehead atoms. The topological polar surface area (TPSA) is 20.2 Å². The Bertz CT molecular complexity index is 363. The van der Waals surface area contributed by atoms with E-state index in [1.165, 1.54) is 24.8 Å². The lowest BCUT2D eigenvalue weighted by atomic mass is 9.92. The van der Waals surface area contributed by atoms with Gasteiger partial charge in [0.05, 0.1) is 6.10 Å². The van der Waals surface area contributed by atoms with Crippen molar-refractivity contribution in [2.45, 2.75) is 31.8 Å². The molecule has 0 aromatic heterocycles. The summed E-state index contributed by atoms with van der Waals surface area (Å²) in [4.78, 5) is 0. The van der Waals surface area contributed by atoms with Gasteiger partial charge in [-0.1, -0.05) is 28.1 Å². The van der Waals surface area contributed by atoms with Gasteiger partial charge in [0.2, 0.25) is 0 Å². The fraction of sp³-hybridized carbons (Fsp3) is 0.571. The van der Waals surface area contributed by atoms with Gasteiger partial charge in [-0.25, -0.2) is 0 Å². The monoisotopic (exact) mass is 280 g/mol. The average Bonchev–Trinajstić information content (AvgIpc) is 2.89. The summed E-state index contributed by atoms with van der Waals surface area (Å²) in [7, 11) is 0. The highest BCUT2D eigenvalue weighted by Crippen LogP contribution is 2.55. The lowest BCUT2D eigenvalue weighted by Gasteiger charge is -2.19. The average molecular weight is 281 g/mol. The first-order valence-electron chi connectivity index (χ1n) is 6.15. The number of benzene rings is 1. The van der Waals surface area contributed by atoms with Gasteiger partial charge in [0, 0.05) is 4.47 Å². The van der Waals surface area contributed by atoms with Crippen LogP contribution in [0, 0.1) is 17.8 Å². The fourth-order valence-corrected chi connectivity index (χ4v) is 3.37. The molecule has 1 aromatic rings. The third-order valence-corrected chi connectivity index (χ3v) is 4.71. The van der Waals surface area contributed by atoms with Crippen LogP contribution in [0.25, 0.3) is 0 Å². The van der Waals surface area contributed by atoms with E-state index in [-0.39, 0.29) is 6.10 Å². The molecule has 3 unspecified atom stereocenters. The minimum absolute atomic E-state index is 0.131. The maximum atomic E-state index is 10.2. The summed E-state index contributed by atoms with van der Waals surface area (Å²) >= 11 is 3.43. The number of aliphatic hydroxyl groups excluding tert-OH is 1. The Labute approximate surface area is 105 Å². The smallest absolute Gasteiger partial charge is 0.0608 e. The van der Waals surface area contributed by atoms with Crippen LogP contribution in [0.3, 0.4) is 0 Å². The van der Waals surface area contributed by atoms with E-state index in [0.29, 0.717) is 5.92 Å². The molecule has 2 fully saturated rings. The highest BCUT2D eigenvalue weighted by molar-refractivity contribution is 9.10. The van der Waals surface area contributed by atoms with Gasteiger partial charge in [0.25, 0.3) is 0 Å². The molecular weight excluding hydrogens is 264 g/mol. The lowest BCUT2D eigenvalue weighted by Crippen LogP contribution is -2.21. The molecule has 3 rings (SSSR count). The van der Waals surface area contributed by atoms with Gasteiger partial charge in [0.15, 0.2) is 0 Å². The molecule has 3 atom stereocenters. The Morgan fingerprint density at radius 2 is 1.75 bits per heavy atom. The van der Waals surface area contributed by atoms with Crippen molar-refractivity contribution in [2.75, 3.05) is 0 Å². The summed E-state index contributed by atoms with van der Waals surface area (Å²) in [5.41, 5.74) is 1.25. The van der Waals surface area contributed by atoms with Crippen molar-refractivity contribution in [2.24, 2.45) is 17.8 Å². The third-order valence-electron chi connectivity index (χ3n) is 4.18. The number of rotatable bonds is 3. The van der Waals surface area contributed by atoms with Crippen LogP contribution in [0.2, 0.25) is 0 Å². The molecule has 2 aliphatic rings. The largest absolute Gasteiger partial charge is 0.392 e. The van der Waals surface area contributed by atoms with E-state index in [0.717, 1.165) is 22.7 Å². The second-order valence-corrected chi connectivity index (χ2v) is 6.30. The first kappa shape index (κ1) is 10.8. The summed E-state index contributed by atoms with van der Waals surface area (Å²) in [6.45, 7) is 0. The Kier molecular flexibility index (Phi) is 2.80. The highest BCUT2D eigenvalue weighted by atomic mass is 79.9. The van der Waals surface area contributed by atoms with Gasteiger partial charge in [-0.2, -0.15) is 0 Å². The Morgan fingerprint density at radius 1 is 1.12 bits per heavy atom. The molecule has 1 nitrogen and oxygen atoms in total. The molecule has 1 N–H and O–H groups in total. The van der Waals surface area contributed by atoms with Crippen LogP contribution >= 0.6 is 15.9 Å². The standard InChI is InChI=1S/C14H17BrO/c15-13-3-1-9(2-4-13)5-14(16)12-7-10-6-11(10)8-12/h1-4,10-12,14,16H,5-8H2. The van der Waals surface area contributed by atoms with Crippen molar-refractivity contribution in [3.63, 3.8) is 0 Å². The number of hydrogen-bond donors (Lipinski definition) is 1. The third kappa shape index (κ3) is 2.18. The van der Waals surface area contributed by atoms with Crippen LogP contribution in [0.15, 0.2) is 28.7 Å². The highest BCUT2D eigenvalue weighted by Gasteiger charge is 2.47. The molecule has 0 heterocycles. The van der Waals surface area contributed by atoms with Crippen molar-refractivity contribution < 1.29 is 5.11 Å². The molecule has 2 heteroatoms. The van der Waals surface area contributed by atoms with E-state index < -0.39 is 0 Å². The van der Waals surface area contributed by atoms with Crippen LogP contribution in [0.5, 0.6) is 0 Å². The quantitative estimate of drug-likeness (QED) is 0.900. The Morgan fingerprint density at radius 3 is 2.38 bits per heavy atom. The van der Waals surface area contributed by atoms with Gasteiger partial charge in [0.1, 0.15) is 0 Å². The molecule has 86 valence electrons. The van der Waals surface area contributed by atoms with Crippen LogP contribution in [-0.4, -0.2) is 11.2 Å². The van der Waals surface area contributed by atoms with Gasteiger partial charge < -0.3 is 5.11 Å². The lowest BCUT2D eigenvalue weighted by molar-refractivity contribution is 0.104. The van der Waals surface area contributed by atoms with Crippen molar-refractivity contribution in [1.29, 1.82) is 0 Å². The summed E-state index contributed by atoms with van der Waals surface area (Å²) in [6, 6.07) is 8.30. The minimum Gasteiger partial charge on any atom is -0.392 e. The number of fused-ring (bicyclic) bond motifs is 1. The number of hydrogen-bond acceptors (Lipinski definition) is 1. The number of aliphatic hydroxyl groups is 1. The van der Waals surface area contributed by atoms with Crippen molar-refractivity contribution >= 4 is 15.9 Å². The maximum absolute atomic E-state index is 10.2. The fourth-order valence-electron chi connectivity index (χ4n) is 3.10. The molecular formula is C14H17BrO. The maximum Gasteiger partial charge on any atom is 0.0608 e. The second-order valence-electron chi connectivity index (χ2n) is 5.39. The van der Waals surface area contributed by atoms with Gasteiger partial charge in [-0.3, -0.25) is 0 Å². The molecule has 0 radical (unpaired) electrons. The second kappa shape index (κ2) is 4.15. The first-order chi connectivity index (χ1) is 7.72. The van der Waals surface area contributed by atoms with Crippen LogP contribution in [0.1, 0.15) is 24.8 Å². The van der Waals surface area contributed by atoms with Crippen molar-refractivity contribution in [3.8, 4) is 0 Å². The molecule has 0 saturated heterocycles. The minimum atomic E-state index is -0.131. The van der Waals surface area contributed by atoms with E-state index in [9.17, 15) is 5.11 Å². The van der Waals surface area contributed by atoms with E-state index in [1.54, 1.807) is 0 Å². The van der Waals surface area contributed by atoms with E-state index in [4.69, 9.17) is 0 Å². The van der Waals surface area contributed by atoms with E-state index in [2.05, 4.69) is 28.1 Å². The van der Waals surface area contributed by atoms with Crippen LogP contribution in [-0.2, 0) is 6.42 Å². The Balaban J connectivity index is 1.59. The molecule has 1 aromatic carbocycles. The molecule has 16 heavy (non-hydrogen) atoms. The zero-order valence-corrected chi connectivity index (χ0v) is 10.9. The predicted octanol–water partition coefficient (Wildman–Crippen LogP) is 3.40. The molecule has 0 aliphatic heterocycles. The van der Waals surface area contributed by atoms with E-state index >= 15 is 0 Å². The first-order valence-corrected chi connectivity index (χ1v) is 6.94. The van der Waals surface area contributed by atoms with Gasteiger partial charge >= 0.3 is 0 Å². The number of halogens is 1. The zero-order valence-electron chi connectivity index (χ0n) is 9.27. The predicted molar refractivity (Wildman–Crippen MR) is 68.2 cm³/mol. The molecule has 2 saturated carbocycles. The zero-order chi connectivity index (χ0) is 11.1. The normalized spacial score (nSPS) is 33.5. The Hall–Kier alpha value is -0.340. The SMILES string of the molecule is OC(Cc1ccc(Br)cc1)C1CC2CC2C1. The summed E-state index contributed by atoms with van der Waals surface area (Å²) in [6.07, 6.45) is 4.65. The van der Waals surface area contributed by atoms with Gasteiger partial charge in [-0.15, -0.1) is 0 Å². The molecule has 0 amide bonds. The van der Waals surface area contributed by atoms with Crippen molar-refractivity contribution in [3.05, 3.63) is 34.3 Å². The summed E-state index contributed by atoms with van der Waals surface area (Å²) in [5, 5.41) is 10.2.